The minimum Gasteiger partial charge on any atom is -0.493 e. The van der Waals surface area contributed by atoms with E-state index in [0.29, 0.717) is 18.2 Å². The SMILES string of the molecule is Cc1ccccc1OC[C@@H]1CCCN(C(=O)c2cc3n(n2)CCNC3)C1. The second kappa shape index (κ2) is 7.50. The summed E-state index contributed by atoms with van der Waals surface area (Å²) < 4.78 is 7.96. The van der Waals surface area contributed by atoms with Crippen molar-refractivity contribution in [3.05, 3.63) is 47.3 Å². The number of aromatic nitrogens is 2. The third-order valence-corrected chi connectivity index (χ3v) is 5.26. The van der Waals surface area contributed by atoms with Crippen LogP contribution in [-0.4, -0.2) is 46.8 Å². The van der Waals surface area contributed by atoms with Crippen LogP contribution in [0.5, 0.6) is 5.75 Å². The van der Waals surface area contributed by atoms with Gasteiger partial charge in [0.15, 0.2) is 5.69 Å². The lowest BCUT2D eigenvalue weighted by Crippen LogP contribution is -2.41. The van der Waals surface area contributed by atoms with Gasteiger partial charge in [0.05, 0.1) is 18.8 Å². The van der Waals surface area contributed by atoms with Crippen LogP contribution < -0.4 is 10.1 Å². The Bertz CT molecular complexity index is 762. The molecule has 0 radical (unpaired) electrons. The van der Waals surface area contributed by atoms with Crippen LogP contribution in [0.15, 0.2) is 30.3 Å². The highest BCUT2D eigenvalue weighted by atomic mass is 16.5. The van der Waals surface area contributed by atoms with Crippen molar-refractivity contribution in [3.8, 4) is 5.75 Å². The highest BCUT2D eigenvalue weighted by molar-refractivity contribution is 5.92. The summed E-state index contributed by atoms with van der Waals surface area (Å²) >= 11 is 0. The lowest BCUT2D eigenvalue weighted by atomic mass is 9.98. The van der Waals surface area contributed by atoms with Gasteiger partial charge < -0.3 is 15.0 Å². The summed E-state index contributed by atoms with van der Waals surface area (Å²) in [5, 5.41) is 7.82. The van der Waals surface area contributed by atoms with Gasteiger partial charge >= 0.3 is 0 Å². The number of benzene rings is 1. The van der Waals surface area contributed by atoms with E-state index in [4.69, 9.17) is 4.74 Å². The number of carbonyl (C=O) groups is 1. The van der Waals surface area contributed by atoms with Crippen molar-refractivity contribution in [2.24, 2.45) is 5.92 Å². The Hall–Kier alpha value is -2.34. The number of amides is 1. The zero-order chi connectivity index (χ0) is 17.9. The summed E-state index contributed by atoms with van der Waals surface area (Å²) in [6.45, 7) is 6.78. The van der Waals surface area contributed by atoms with Crippen LogP contribution in [0.2, 0.25) is 0 Å². The zero-order valence-corrected chi connectivity index (χ0v) is 15.3. The van der Waals surface area contributed by atoms with Crippen molar-refractivity contribution in [3.63, 3.8) is 0 Å². The predicted octanol–water partition coefficient (Wildman–Crippen LogP) is 2.23. The summed E-state index contributed by atoms with van der Waals surface area (Å²) in [7, 11) is 0. The first kappa shape index (κ1) is 17.1. The van der Waals surface area contributed by atoms with Gasteiger partial charge in [-0.2, -0.15) is 5.10 Å². The minimum absolute atomic E-state index is 0.0486. The third kappa shape index (κ3) is 3.60. The highest BCUT2D eigenvalue weighted by Crippen LogP contribution is 2.22. The molecule has 1 aromatic heterocycles. The standard InChI is InChI=1S/C20H26N4O2/c1-15-5-2-3-7-19(15)26-14-16-6-4-9-23(13-16)20(25)18-11-17-12-21-8-10-24(17)22-18/h2-3,5,7,11,16,21H,4,6,8-10,12-14H2,1H3/t16-/m1/s1. The van der Waals surface area contributed by atoms with Crippen LogP contribution in [0.3, 0.4) is 0 Å². The molecule has 1 aromatic carbocycles. The second-order valence-electron chi connectivity index (χ2n) is 7.26. The largest absolute Gasteiger partial charge is 0.493 e. The Kier molecular flexibility index (Phi) is 4.93. The maximum absolute atomic E-state index is 12.9. The molecule has 1 fully saturated rings. The molecule has 2 aromatic rings. The summed E-state index contributed by atoms with van der Waals surface area (Å²) in [6.07, 6.45) is 2.11. The van der Waals surface area contributed by atoms with E-state index in [9.17, 15) is 4.79 Å². The number of likely N-dealkylation sites (tertiary alicyclic amines) is 1. The van der Waals surface area contributed by atoms with Crippen LogP contribution in [0.4, 0.5) is 0 Å². The lowest BCUT2D eigenvalue weighted by molar-refractivity contribution is 0.0626. The summed E-state index contributed by atoms with van der Waals surface area (Å²) in [6, 6.07) is 10.0. The molecule has 0 aliphatic carbocycles. The highest BCUT2D eigenvalue weighted by Gasteiger charge is 2.27. The van der Waals surface area contributed by atoms with Crippen molar-refractivity contribution in [1.82, 2.24) is 20.0 Å². The predicted molar refractivity (Wildman–Crippen MR) is 99.2 cm³/mol. The molecular formula is C20H26N4O2. The fraction of sp³-hybridized carbons (Fsp3) is 0.500. The normalized spacial score (nSPS) is 19.9. The zero-order valence-electron chi connectivity index (χ0n) is 15.3. The summed E-state index contributed by atoms with van der Waals surface area (Å²) in [4.78, 5) is 14.8. The van der Waals surface area contributed by atoms with Gasteiger partial charge in [0.25, 0.3) is 5.91 Å². The van der Waals surface area contributed by atoms with Crippen molar-refractivity contribution in [2.75, 3.05) is 26.2 Å². The molecular weight excluding hydrogens is 328 g/mol. The van der Waals surface area contributed by atoms with Gasteiger partial charge in [-0.25, -0.2) is 0 Å². The molecule has 3 heterocycles. The molecule has 1 amide bonds. The Morgan fingerprint density at radius 1 is 1.35 bits per heavy atom. The Morgan fingerprint density at radius 2 is 2.23 bits per heavy atom. The maximum Gasteiger partial charge on any atom is 0.274 e. The van der Waals surface area contributed by atoms with Gasteiger partial charge in [0.2, 0.25) is 0 Å². The molecule has 6 heteroatoms. The van der Waals surface area contributed by atoms with Crippen LogP contribution >= 0.6 is 0 Å². The number of nitrogens with zero attached hydrogens (tertiary/aromatic N) is 3. The number of piperidine rings is 1. The molecule has 1 N–H and O–H groups in total. The number of carbonyl (C=O) groups excluding carboxylic acids is 1. The topological polar surface area (TPSA) is 59.4 Å². The number of hydrogen-bond acceptors (Lipinski definition) is 4. The van der Waals surface area contributed by atoms with E-state index in [2.05, 4.69) is 23.4 Å². The van der Waals surface area contributed by atoms with Crippen molar-refractivity contribution < 1.29 is 9.53 Å². The Balaban J connectivity index is 1.37. The molecule has 0 saturated carbocycles. The smallest absolute Gasteiger partial charge is 0.274 e. The summed E-state index contributed by atoms with van der Waals surface area (Å²) in [5.74, 6) is 1.35. The number of rotatable bonds is 4. The number of fused-ring (bicyclic) bond motifs is 1. The first-order valence-electron chi connectivity index (χ1n) is 9.46. The van der Waals surface area contributed by atoms with Crippen LogP contribution in [-0.2, 0) is 13.1 Å². The molecule has 1 atom stereocenters. The molecule has 2 aliphatic rings. The van der Waals surface area contributed by atoms with E-state index >= 15 is 0 Å². The average Bonchev–Trinajstić information content (AvgIpc) is 3.11. The first-order chi connectivity index (χ1) is 12.7. The van der Waals surface area contributed by atoms with Gasteiger partial charge in [-0.1, -0.05) is 18.2 Å². The fourth-order valence-electron chi connectivity index (χ4n) is 3.77. The molecule has 1 saturated heterocycles. The van der Waals surface area contributed by atoms with E-state index in [1.807, 2.05) is 33.8 Å². The Labute approximate surface area is 154 Å². The quantitative estimate of drug-likeness (QED) is 0.915. The van der Waals surface area contributed by atoms with Crippen LogP contribution in [0.1, 0.15) is 34.6 Å². The van der Waals surface area contributed by atoms with Crippen LogP contribution in [0.25, 0.3) is 0 Å². The number of ether oxygens (including phenoxy) is 1. The monoisotopic (exact) mass is 354 g/mol. The van der Waals surface area contributed by atoms with Crippen LogP contribution in [0, 0.1) is 12.8 Å². The molecule has 4 rings (SSSR count). The minimum atomic E-state index is 0.0486. The fourth-order valence-corrected chi connectivity index (χ4v) is 3.77. The summed E-state index contributed by atoms with van der Waals surface area (Å²) in [5.41, 5.74) is 2.81. The van der Waals surface area contributed by atoms with E-state index in [1.54, 1.807) is 0 Å². The first-order valence-corrected chi connectivity index (χ1v) is 9.46. The van der Waals surface area contributed by atoms with Crippen molar-refractivity contribution in [1.29, 1.82) is 0 Å². The molecule has 0 unspecified atom stereocenters. The number of hydrogen-bond donors (Lipinski definition) is 1. The maximum atomic E-state index is 12.9. The van der Waals surface area contributed by atoms with Gasteiger partial charge in [-0.3, -0.25) is 9.48 Å². The van der Waals surface area contributed by atoms with Gasteiger partial charge in [-0.05, 0) is 37.5 Å². The van der Waals surface area contributed by atoms with Gasteiger partial charge in [0.1, 0.15) is 5.75 Å². The van der Waals surface area contributed by atoms with E-state index in [-0.39, 0.29) is 5.91 Å². The lowest BCUT2D eigenvalue weighted by Gasteiger charge is -2.32. The van der Waals surface area contributed by atoms with Crippen molar-refractivity contribution >= 4 is 5.91 Å². The van der Waals surface area contributed by atoms with E-state index in [0.717, 1.165) is 62.6 Å². The van der Waals surface area contributed by atoms with E-state index < -0.39 is 0 Å². The molecule has 0 bridgehead atoms. The Morgan fingerprint density at radius 3 is 3.08 bits per heavy atom. The van der Waals surface area contributed by atoms with Crippen molar-refractivity contribution in [2.45, 2.75) is 32.9 Å². The molecule has 6 nitrogen and oxygen atoms in total. The second-order valence-corrected chi connectivity index (χ2v) is 7.26. The number of nitrogens with one attached hydrogen (secondary N) is 1. The number of aryl methyl sites for hydroxylation is 1. The number of para-hydroxylation sites is 1. The molecule has 138 valence electrons. The molecule has 0 spiro atoms. The third-order valence-electron chi connectivity index (χ3n) is 5.26. The molecule has 26 heavy (non-hydrogen) atoms. The average molecular weight is 354 g/mol. The molecule has 2 aliphatic heterocycles. The van der Waals surface area contributed by atoms with Gasteiger partial charge in [-0.15, -0.1) is 0 Å². The van der Waals surface area contributed by atoms with E-state index in [1.165, 1.54) is 0 Å². The van der Waals surface area contributed by atoms with Gasteiger partial charge in [0, 0.05) is 32.1 Å².